The lowest BCUT2D eigenvalue weighted by molar-refractivity contribution is -0.136. The number of hydrogen-bond donors (Lipinski definition) is 1. The summed E-state index contributed by atoms with van der Waals surface area (Å²) < 4.78 is 10.7. The first-order valence-corrected chi connectivity index (χ1v) is 7.04. The van der Waals surface area contributed by atoms with Crippen LogP contribution in [0.3, 0.4) is 0 Å². The van der Waals surface area contributed by atoms with Gasteiger partial charge in [-0.2, -0.15) is 5.26 Å². The quantitative estimate of drug-likeness (QED) is 0.837. The number of carbonyl (C=O) groups excluding carboxylic acids is 1. The van der Waals surface area contributed by atoms with Crippen LogP contribution in [0.15, 0.2) is 18.2 Å². The molecule has 1 N–H and O–H groups in total. The maximum atomic E-state index is 12.2. The van der Waals surface area contributed by atoms with Gasteiger partial charge < -0.3 is 14.8 Å². The maximum absolute atomic E-state index is 12.2. The molecule has 0 saturated heterocycles. The van der Waals surface area contributed by atoms with Gasteiger partial charge in [0.15, 0.2) is 0 Å². The number of hydrogen-bond acceptors (Lipinski definition) is 4. The van der Waals surface area contributed by atoms with E-state index in [1.807, 2.05) is 13.8 Å². The largest absolute Gasteiger partial charge is 0.494 e. The van der Waals surface area contributed by atoms with E-state index in [1.54, 1.807) is 25.1 Å². The molecule has 0 saturated carbocycles. The topological polar surface area (TPSA) is 71.3 Å². The summed E-state index contributed by atoms with van der Waals surface area (Å²) in [5, 5.41) is 12.0. The summed E-state index contributed by atoms with van der Waals surface area (Å²) in [6.45, 7) is 6.19. The molecule has 5 heteroatoms. The fourth-order valence-corrected chi connectivity index (χ4v) is 1.69. The van der Waals surface area contributed by atoms with Gasteiger partial charge in [0, 0.05) is 7.11 Å². The minimum Gasteiger partial charge on any atom is -0.494 e. The van der Waals surface area contributed by atoms with Gasteiger partial charge in [0.2, 0.25) is 0 Å². The van der Waals surface area contributed by atoms with Crippen molar-refractivity contribution in [1.29, 1.82) is 5.26 Å². The van der Waals surface area contributed by atoms with Crippen LogP contribution in [0.25, 0.3) is 0 Å². The number of anilines is 1. The van der Waals surface area contributed by atoms with Gasteiger partial charge in [-0.25, -0.2) is 0 Å². The van der Waals surface area contributed by atoms with Crippen LogP contribution >= 0.6 is 0 Å². The molecule has 114 valence electrons. The highest BCUT2D eigenvalue weighted by atomic mass is 16.5. The standard InChI is InChI=1S/C16H22N2O3/c1-5-9-21-13-7-8-14(12(10-13)11-17)18-15(19)16(3,6-2)20-4/h7-8,10H,5-6,9H2,1-4H3,(H,18,19). The SMILES string of the molecule is CCCOc1ccc(NC(=O)C(C)(CC)OC)c(C#N)c1. The Morgan fingerprint density at radius 3 is 2.67 bits per heavy atom. The van der Waals surface area contributed by atoms with E-state index in [0.29, 0.717) is 30.0 Å². The number of rotatable bonds is 7. The lowest BCUT2D eigenvalue weighted by Gasteiger charge is -2.25. The van der Waals surface area contributed by atoms with Gasteiger partial charge in [-0.05, 0) is 38.0 Å². The van der Waals surface area contributed by atoms with Crippen LogP contribution < -0.4 is 10.1 Å². The minimum absolute atomic E-state index is 0.272. The smallest absolute Gasteiger partial charge is 0.256 e. The molecule has 5 nitrogen and oxygen atoms in total. The summed E-state index contributed by atoms with van der Waals surface area (Å²) in [6, 6.07) is 7.11. The number of benzene rings is 1. The molecular formula is C16H22N2O3. The highest BCUT2D eigenvalue weighted by Gasteiger charge is 2.31. The Morgan fingerprint density at radius 2 is 2.14 bits per heavy atom. The van der Waals surface area contributed by atoms with Crippen molar-refractivity contribution in [2.45, 2.75) is 39.2 Å². The predicted molar refractivity (Wildman–Crippen MR) is 81.3 cm³/mol. The second-order valence-corrected chi connectivity index (χ2v) is 4.91. The average molecular weight is 290 g/mol. The molecule has 0 aliphatic heterocycles. The molecule has 1 atom stereocenters. The Bertz CT molecular complexity index is 531. The van der Waals surface area contributed by atoms with Crippen LogP contribution in [0.5, 0.6) is 5.75 Å². The van der Waals surface area contributed by atoms with Crippen LogP contribution in [0.1, 0.15) is 39.2 Å². The van der Waals surface area contributed by atoms with Crippen molar-refractivity contribution in [1.82, 2.24) is 0 Å². The van der Waals surface area contributed by atoms with E-state index < -0.39 is 5.60 Å². The first-order valence-electron chi connectivity index (χ1n) is 7.04. The highest BCUT2D eigenvalue weighted by Crippen LogP contribution is 2.24. The molecule has 1 aromatic carbocycles. The molecule has 1 amide bonds. The molecule has 0 radical (unpaired) electrons. The second-order valence-electron chi connectivity index (χ2n) is 4.91. The van der Waals surface area contributed by atoms with E-state index in [0.717, 1.165) is 6.42 Å². The summed E-state index contributed by atoms with van der Waals surface area (Å²) in [4.78, 5) is 12.2. The normalized spacial score (nSPS) is 13.1. The summed E-state index contributed by atoms with van der Waals surface area (Å²) in [6.07, 6.45) is 1.43. The molecule has 1 unspecified atom stereocenters. The Labute approximate surface area is 125 Å². The fraction of sp³-hybridized carbons (Fsp3) is 0.500. The van der Waals surface area contributed by atoms with E-state index in [-0.39, 0.29) is 5.91 Å². The number of ether oxygens (including phenoxy) is 2. The third-order valence-corrected chi connectivity index (χ3v) is 3.44. The predicted octanol–water partition coefficient (Wildman–Crippen LogP) is 3.10. The molecule has 1 rings (SSSR count). The van der Waals surface area contributed by atoms with Gasteiger partial charge in [0.05, 0.1) is 17.9 Å². The van der Waals surface area contributed by atoms with E-state index in [4.69, 9.17) is 9.47 Å². The molecule has 0 aliphatic rings. The molecule has 0 aliphatic carbocycles. The number of methoxy groups -OCH3 is 1. The second kappa shape index (κ2) is 7.65. The van der Waals surface area contributed by atoms with Crippen molar-refractivity contribution in [2.75, 3.05) is 19.0 Å². The molecule has 0 heterocycles. The van der Waals surface area contributed by atoms with E-state index in [1.165, 1.54) is 7.11 Å². The van der Waals surface area contributed by atoms with Gasteiger partial charge >= 0.3 is 0 Å². The number of nitrogens with one attached hydrogen (secondary N) is 1. The zero-order chi connectivity index (χ0) is 15.9. The van der Waals surface area contributed by atoms with E-state index in [2.05, 4.69) is 11.4 Å². The maximum Gasteiger partial charge on any atom is 0.256 e. The van der Waals surface area contributed by atoms with Gasteiger partial charge in [-0.3, -0.25) is 4.79 Å². The van der Waals surface area contributed by atoms with Crippen molar-refractivity contribution in [3.8, 4) is 11.8 Å². The van der Waals surface area contributed by atoms with Crippen LogP contribution in [-0.4, -0.2) is 25.2 Å². The molecule has 0 fully saturated rings. The van der Waals surface area contributed by atoms with Gasteiger partial charge in [-0.15, -0.1) is 0 Å². The average Bonchev–Trinajstić information content (AvgIpc) is 2.52. The number of nitriles is 1. The summed E-state index contributed by atoms with van der Waals surface area (Å²) in [5.74, 6) is 0.350. The Hall–Kier alpha value is -2.06. The van der Waals surface area contributed by atoms with Crippen LogP contribution in [0.2, 0.25) is 0 Å². The number of nitrogens with zero attached hydrogens (tertiary/aromatic N) is 1. The Balaban J connectivity index is 2.94. The lowest BCUT2D eigenvalue weighted by Crippen LogP contribution is -2.41. The fourth-order valence-electron chi connectivity index (χ4n) is 1.69. The van der Waals surface area contributed by atoms with Crippen LogP contribution in [0, 0.1) is 11.3 Å². The van der Waals surface area contributed by atoms with Crippen LogP contribution in [-0.2, 0) is 9.53 Å². The number of carbonyl (C=O) groups is 1. The first-order chi connectivity index (χ1) is 10.0. The van der Waals surface area contributed by atoms with Crippen molar-refractivity contribution in [3.05, 3.63) is 23.8 Å². The lowest BCUT2D eigenvalue weighted by atomic mass is 10.0. The summed E-state index contributed by atoms with van der Waals surface area (Å²) in [5.41, 5.74) is -0.0843. The van der Waals surface area contributed by atoms with Crippen molar-refractivity contribution >= 4 is 11.6 Å². The first kappa shape index (κ1) is 17.0. The Kier molecular flexibility index (Phi) is 6.19. The molecule has 21 heavy (non-hydrogen) atoms. The zero-order valence-corrected chi connectivity index (χ0v) is 13.0. The third kappa shape index (κ3) is 4.20. The van der Waals surface area contributed by atoms with Crippen molar-refractivity contribution < 1.29 is 14.3 Å². The Morgan fingerprint density at radius 1 is 1.43 bits per heavy atom. The monoisotopic (exact) mass is 290 g/mol. The minimum atomic E-state index is -0.913. The highest BCUT2D eigenvalue weighted by molar-refractivity contribution is 5.98. The molecule has 0 bridgehead atoms. The van der Waals surface area contributed by atoms with Gasteiger partial charge in [0.25, 0.3) is 5.91 Å². The molecule has 1 aromatic rings. The third-order valence-electron chi connectivity index (χ3n) is 3.44. The van der Waals surface area contributed by atoms with Crippen molar-refractivity contribution in [3.63, 3.8) is 0 Å². The van der Waals surface area contributed by atoms with E-state index in [9.17, 15) is 10.1 Å². The van der Waals surface area contributed by atoms with Crippen molar-refractivity contribution in [2.24, 2.45) is 0 Å². The summed E-state index contributed by atoms with van der Waals surface area (Å²) in [7, 11) is 1.50. The van der Waals surface area contributed by atoms with Gasteiger partial charge in [0.1, 0.15) is 17.4 Å². The molecule has 0 spiro atoms. The van der Waals surface area contributed by atoms with Crippen LogP contribution in [0.4, 0.5) is 5.69 Å². The molecule has 0 aromatic heterocycles. The van der Waals surface area contributed by atoms with Gasteiger partial charge in [-0.1, -0.05) is 13.8 Å². The number of amides is 1. The van der Waals surface area contributed by atoms with E-state index >= 15 is 0 Å². The molecular weight excluding hydrogens is 268 g/mol. The zero-order valence-electron chi connectivity index (χ0n) is 13.0. The summed E-state index contributed by atoms with van der Waals surface area (Å²) >= 11 is 0.